The number of nitrogens with one attached hydrogen (secondary N) is 1. The fourth-order valence-electron chi connectivity index (χ4n) is 1.44. The van der Waals surface area contributed by atoms with Crippen molar-refractivity contribution in [3.05, 3.63) is 35.9 Å². The Balaban J connectivity index is 2.41. The van der Waals surface area contributed by atoms with Gasteiger partial charge in [-0.3, -0.25) is 14.9 Å². The van der Waals surface area contributed by atoms with Crippen LogP contribution in [0, 0.1) is 0 Å². The number of hydrogen-bond donors (Lipinski definition) is 3. The van der Waals surface area contributed by atoms with Crippen molar-refractivity contribution in [1.82, 2.24) is 5.32 Å². The highest BCUT2D eigenvalue weighted by molar-refractivity contribution is 5.75. The summed E-state index contributed by atoms with van der Waals surface area (Å²) in [6, 6.07) is 8.04. The zero-order chi connectivity index (χ0) is 13.4. The zero-order valence-electron chi connectivity index (χ0n) is 9.83. The molecule has 0 spiro atoms. The second-order valence-corrected chi connectivity index (χ2v) is 3.65. The number of hydrogen-bond acceptors (Lipinski definition) is 4. The third-order valence-corrected chi connectivity index (χ3v) is 2.22. The third-order valence-electron chi connectivity index (χ3n) is 2.22. The molecule has 0 aromatic heterocycles. The number of carbonyl (C=O) groups is 2. The predicted molar refractivity (Wildman–Crippen MR) is 64.8 cm³/mol. The number of benzene rings is 1. The minimum atomic E-state index is -0.962. The number of carbonyl (C=O) groups excluding carboxylic acids is 1. The molecular formula is C12H16N2O4. The molecule has 0 radical (unpaired) electrons. The van der Waals surface area contributed by atoms with Crippen molar-refractivity contribution in [2.75, 3.05) is 19.8 Å². The maximum atomic E-state index is 11.1. The lowest BCUT2D eigenvalue weighted by Gasteiger charge is -2.14. The summed E-state index contributed by atoms with van der Waals surface area (Å²) in [4.78, 5) is 21.5. The second kappa shape index (κ2) is 7.41. The average Bonchev–Trinajstić information content (AvgIpc) is 2.34. The molecule has 0 bridgehead atoms. The van der Waals surface area contributed by atoms with E-state index in [0.29, 0.717) is 12.1 Å². The summed E-state index contributed by atoms with van der Waals surface area (Å²) in [6.07, 6.45) is 0. The van der Waals surface area contributed by atoms with Crippen molar-refractivity contribution in [3.8, 4) is 0 Å². The van der Waals surface area contributed by atoms with Crippen LogP contribution in [-0.4, -0.2) is 36.7 Å². The van der Waals surface area contributed by atoms with Gasteiger partial charge in [0.2, 0.25) is 5.91 Å². The van der Waals surface area contributed by atoms with Crippen molar-refractivity contribution in [1.29, 1.82) is 0 Å². The van der Waals surface area contributed by atoms with E-state index in [4.69, 9.17) is 15.6 Å². The normalized spacial score (nSPS) is 12.0. The number of nitrogens with two attached hydrogens (primary N) is 1. The van der Waals surface area contributed by atoms with E-state index in [-0.39, 0.29) is 13.2 Å². The average molecular weight is 252 g/mol. The van der Waals surface area contributed by atoms with Crippen LogP contribution in [0.4, 0.5) is 0 Å². The van der Waals surface area contributed by atoms with E-state index in [1.807, 2.05) is 6.07 Å². The molecule has 0 aliphatic heterocycles. The zero-order valence-corrected chi connectivity index (χ0v) is 9.83. The molecule has 6 nitrogen and oxygen atoms in total. The highest BCUT2D eigenvalue weighted by Gasteiger charge is 2.18. The summed E-state index contributed by atoms with van der Waals surface area (Å²) in [5.41, 5.74) is 5.56. The van der Waals surface area contributed by atoms with Crippen molar-refractivity contribution in [2.45, 2.75) is 6.04 Å². The second-order valence-electron chi connectivity index (χ2n) is 3.65. The van der Waals surface area contributed by atoms with E-state index in [2.05, 4.69) is 5.32 Å². The molecular weight excluding hydrogens is 236 g/mol. The number of carboxylic acid groups (broad SMARTS) is 1. The SMILES string of the molecule is NC(=O)COCCNC(C(=O)O)c1ccccc1. The van der Waals surface area contributed by atoms with Crippen LogP contribution >= 0.6 is 0 Å². The Morgan fingerprint density at radius 3 is 2.56 bits per heavy atom. The summed E-state index contributed by atoms with van der Waals surface area (Å²) in [6.45, 7) is 0.378. The monoisotopic (exact) mass is 252 g/mol. The fourth-order valence-corrected chi connectivity index (χ4v) is 1.44. The molecule has 18 heavy (non-hydrogen) atoms. The minimum Gasteiger partial charge on any atom is -0.480 e. The van der Waals surface area contributed by atoms with E-state index >= 15 is 0 Å². The summed E-state index contributed by atoms with van der Waals surface area (Å²) in [5.74, 6) is -1.51. The number of carboxylic acids is 1. The van der Waals surface area contributed by atoms with Crippen molar-refractivity contribution in [2.24, 2.45) is 5.73 Å². The molecule has 98 valence electrons. The molecule has 4 N–H and O–H groups in total. The van der Waals surface area contributed by atoms with Gasteiger partial charge in [0.1, 0.15) is 12.6 Å². The van der Waals surface area contributed by atoms with Crippen LogP contribution in [0.5, 0.6) is 0 Å². The number of rotatable bonds is 8. The summed E-state index contributed by atoms with van der Waals surface area (Å²) < 4.78 is 4.93. The topological polar surface area (TPSA) is 102 Å². The molecule has 0 aliphatic rings. The van der Waals surface area contributed by atoms with Gasteiger partial charge in [0.15, 0.2) is 0 Å². The van der Waals surface area contributed by atoms with Gasteiger partial charge in [0.25, 0.3) is 0 Å². The van der Waals surface area contributed by atoms with Crippen molar-refractivity contribution < 1.29 is 19.4 Å². The molecule has 0 saturated heterocycles. The van der Waals surface area contributed by atoms with Gasteiger partial charge in [-0.15, -0.1) is 0 Å². The number of ether oxygens (including phenoxy) is 1. The largest absolute Gasteiger partial charge is 0.480 e. The Morgan fingerprint density at radius 1 is 1.33 bits per heavy atom. The number of aliphatic carboxylic acids is 1. The lowest BCUT2D eigenvalue weighted by Crippen LogP contribution is -2.32. The standard InChI is InChI=1S/C12H16N2O4/c13-10(15)8-18-7-6-14-11(12(16)17)9-4-2-1-3-5-9/h1-5,11,14H,6-8H2,(H2,13,15)(H,16,17). The van der Waals surface area contributed by atoms with Crippen LogP contribution in [-0.2, 0) is 14.3 Å². The first-order valence-electron chi connectivity index (χ1n) is 5.48. The molecule has 0 aliphatic carbocycles. The highest BCUT2D eigenvalue weighted by atomic mass is 16.5. The van der Waals surface area contributed by atoms with Crippen LogP contribution in [0.25, 0.3) is 0 Å². The summed E-state index contributed by atoms with van der Waals surface area (Å²) in [5, 5.41) is 11.9. The van der Waals surface area contributed by atoms with E-state index in [9.17, 15) is 9.59 Å². The first kappa shape index (κ1) is 14.1. The van der Waals surface area contributed by atoms with Gasteiger partial charge in [0, 0.05) is 6.54 Å². The predicted octanol–water partition coefficient (Wildman–Crippen LogP) is -0.0962. The lowest BCUT2D eigenvalue weighted by molar-refractivity contribution is -0.139. The summed E-state index contributed by atoms with van der Waals surface area (Å²) >= 11 is 0. The lowest BCUT2D eigenvalue weighted by atomic mass is 10.1. The van der Waals surface area contributed by atoms with Crippen molar-refractivity contribution in [3.63, 3.8) is 0 Å². The van der Waals surface area contributed by atoms with E-state index in [1.165, 1.54) is 0 Å². The van der Waals surface area contributed by atoms with Gasteiger partial charge in [0.05, 0.1) is 6.61 Å². The van der Waals surface area contributed by atoms with Gasteiger partial charge in [-0.2, -0.15) is 0 Å². The molecule has 0 heterocycles. The van der Waals surface area contributed by atoms with Crippen LogP contribution in [0.15, 0.2) is 30.3 Å². The molecule has 0 saturated carbocycles. The molecule has 1 aromatic rings. The van der Waals surface area contributed by atoms with Crippen LogP contribution in [0.2, 0.25) is 0 Å². The number of amides is 1. The smallest absolute Gasteiger partial charge is 0.325 e. The number of primary amides is 1. The van der Waals surface area contributed by atoms with Crippen LogP contribution in [0.1, 0.15) is 11.6 Å². The Labute approximate surface area is 105 Å². The summed E-state index contributed by atoms with van der Waals surface area (Å²) in [7, 11) is 0. The van der Waals surface area contributed by atoms with Crippen molar-refractivity contribution >= 4 is 11.9 Å². The van der Waals surface area contributed by atoms with E-state index in [1.54, 1.807) is 24.3 Å². The minimum absolute atomic E-state index is 0.162. The van der Waals surface area contributed by atoms with E-state index < -0.39 is 17.9 Å². The Bertz CT molecular complexity index is 394. The van der Waals surface area contributed by atoms with Crippen LogP contribution in [0.3, 0.4) is 0 Å². The molecule has 6 heteroatoms. The highest BCUT2D eigenvalue weighted by Crippen LogP contribution is 2.11. The fraction of sp³-hybridized carbons (Fsp3) is 0.333. The maximum Gasteiger partial charge on any atom is 0.325 e. The van der Waals surface area contributed by atoms with Gasteiger partial charge >= 0.3 is 5.97 Å². The third kappa shape index (κ3) is 4.94. The molecule has 1 unspecified atom stereocenters. The first-order chi connectivity index (χ1) is 8.61. The van der Waals surface area contributed by atoms with Gasteiger partial charge in [-0.05, 0) is 5.56 Å². The molecule has 1 atom stereocenters. The molecule has 0 fully saturated rings. The maximum absolute atomic E-state index is 11.1. The van der Waals surface area contributed by atoms with Gasteiger partial charge in [-0.1, -0.05) is 30.3 Å². The van der Waals surface area contributed by atoms with Gasteiger partial charge in [-0.25, -0.2) is 0 Å². The Kier molecular flexibility index (Phi) is 5.83. The van der Waals surface area contributed by atoms with Crippen LogP contribution < -0.4 is 11.1 Å². The Hall–Kier alpha value is -1.92. The molecule has 1 rings (SSSR count). The van der Waals surface area contributed by atoms with E-state index in [0.717, 1.165) is 0 Å². The Morgan fingerprint density at radius 2 is 2.00 bits per heavy atom. The van der Waals surface area contributed by atoms with Gasteiger partial charge < -0.3 is 15.6 Å². The molecule has 1 amide bonds. The quantitative estimate of drug-likeness (QED) is 0.561. The first-order valence-corrected chi connectivity index (χ1v) is 5.48. The molecule has 1 aromatic carbocycles.